The van der Waals surface area contributed by atoms with Gasteiger partial charge in [0.2, 0.25) is 5.95 Å². The standard InChI is InChI=1S/C20H21FN6O2/c1-22-20(29)15-4-5-17(19(21)25-15)27-8-6-26(7-9-27)12-13-2-3-14-16(10-13)24-18(28)11-23-14/h2-5,10-11H,6-9,12H2,1H3,(H,22,29)(H,24,28)/i1D3. The summed E-state index contributed by atoms with van der Waals surface area (Å²) in [7, 11) is 0. The van der Waals surface area contributed by atoms with E-state index in [0.29, 0.717) is 38.2 Å². The van der Waals surface area contributed by atoms with Crippen LogP contribution in [-0.2, 0) is 6.54 Å². The zero-order chi connectivity index (χ0) is 22.9. The fourth-order valence-corrected chi connectivity index (χ4v) is 3.45. The summed E-state index contributed by atoms with van der Waals surface area (Å²) in [4.78, 5) is 37.9. The van der Waals surface area contributed by atoms with E-state index < -0.39 is 18.8 Å². The monoisotopic (exact) mass is 399 g/mol. The van der Waals surface area contributed by atoms with Crippen molar-refractivity contribution in [3.8, 4) is 0 Å². The molecule has 4 rings (SSSR count). The minimum atomic E-state index is -2.67. The van der Waals surface area contributed by atoms with Gasteiger partial charge in [0.05, 0.1) is 22.9 Å². The molecule has 1 amide bonds. The number of nitrogens with one attached hydrogen (secondary N) is 2. The summed E-state index contributed by atoms with van der Waals surface area (Å²) < 4.78 is 35.7. The number of aromatic amines is 1. The molecule has 1 aliphatic rings. The smallest absolute Gasteiger partial charge is 0.269 e. The molecule has 0 unspecified atom stereocenters. The first-order valence-corrected chi connectivity index (χ1v) is 9.12. The molecule has 0 saturated carbocycles. The summed E-state index contributed by atoms with van der Waals surface area (Å²) >= 11 is 0. The molecule has 0 atom stereocenters. The summed E-state index contributed by atoms with van der Waals surface area (Å²) in [6, 6.07) is 8.49. The topological polar surface area (TPSA) is 94.2 Å². The number of H-pyrrole nitrogens is 1. The summed E-state index contributed by atoms with van der Waals surface area (Å²) in [5, 5.41) is 1.79. The maximum absolute atomic E-state index is 14.5. The van der Waals surface area contributed by atoms with E-state index in [9.17, 15) is 14.0 Å². The number of nitrogens with zero attached hydrogens (tertiary/aromatic N) is 4. The molecule has 1 saturated heterocycles. The highest BCUT2D eigenvalue weighted by Gasteiger charge is 2.21. The second kappa shape index (κ2) is 7.96. The number of fused-ring (bicyclic) bond motifs is 1. The number of rotatable bonds is 4. The molecule has 8 nitrogen and oxygen atoms in total. The normalized spacial score (nSPS) is 16.9. The van der Waals surface area contributed by atoms with Crippen molar-refractivity contribution in [3.05, 3.63) is 64.1 Å². The predicted octanol–water partition coefficient (Wildman–Crippen LogP) is 1.14. The third-order valence-electron chi connectivity index (χ3n) is 4.93. The first kappa shape index (κ1) is 15.6. The minimum absolute atomic E-state index is 0.249. The molecule has 2 N–H and O–H groups in total. The number of amides is 1. The Morgan fingerprint density at radius 2 is 2.10 bits per heavy atom. The van der Waals surface area contributed by atoms with E-state index in [1.165, 1.54) is 18.3 Å². The molecule has 0 aliphatic carbocycles. The minimum Gasteiger partial charge on any atom is -0.365 e. The van der Waals surface area contributed by atoms with Gasteiger partial charge in [-0.15, -0.1) is 0 Å². The molecule has 1 fully saturated rings. The lowest BCUT2D eigenvalue weighted by molar-refractivity contribution is 0.0957. The van der Waals surface area contributed by atoms with E-state index >= 15 is 0 Å². The Hall–Kier alpha value is -3.33. The first-order valence-electron chi connectivity index (χ1n) is 10.6. The Labute approximate surface area is 170 Å². The van der Waals surface area contributed by atoms with Gasteiger partial charge in [-0.3, -0.25) is 14.5 Å². The fraction of sp³-hybridized carbons (Fsp3) is 0.300. The highest BCUT2D eigenvalue weighted by molar-refractivity contribution is 5.92. The molecular weight excluding hydrogens is 375 g/mol. The summed E-state index contributed by atoms with van der Waals surface area (Å²) in [6.07, 6.45) is 1.25. The van der Waals surface area contributed by atoms with Crippen LogP contribution >= 0.6 is 0 Å². The third-order valence-corrected chi connectivity index (χ3v) is 4.93. The fourth-order valence-electron chi connectivity index (χ4n) is 3.45. The summed E-state index contributed by atoms with van der Waals surface area (Å²) in [5.74, 6) is -1.77. The van der Waals surface area contributed by atoms with E-state index in [2.05, 4.69) is 19.9 Å². The first-order chi connectivity index (χ1) is 15.2. The molecule has 1 aromatic carbocycles. The van der Waals surface area contributed by atoms with Crippen LogP contribution in [0.4, 0.5) is 10.1 Å². The van der Waals surface area contributed by atoms with Gasteiger partial charge in [0.1, 0.15) is 5.69 Å². The lowest BCUT2D eigenvalue weighted by atomic mass is 10.1. The van der Waals surface area contributed by atoms with Crippen LogP contribution in [-0.4, -0.2) is 58.9 Å². The summed E-state index contributed by atoms with van der Waals surface area (Å²) in [5.41, 5.74) is 2.17. The highest BCUT2D eigenvalue weighted by Crippen LogP contribution is 2.21. The van der Waals surface area contributed by atoms with Crippen LogP contribution in [0.25, 0.3) is 11.0 Å². The molecule has 3 aromatic rings. The number of carbonyl (C=O) groups excluding carboxylic acids is 1. The number of halogens is 1. The highest BCUT2D eigenvalue weighted by atomic mass is 19.1. The molecule has 29 heavy (non-hydrogen) atoms. The Bertz CT molecular complexity index is 1210. The molecule has 3 heterocycles. The zero-order valence-electron chi connectivity index (χ0n) is 18.5. The van der Waals surface area contributed by atoms with Gasteiger partial charge in [0.25, 0.3) is 11.5 Å². The second-order valence-electron chi connectivity index (χ2n) is 6.82. The van der Waals surface area contributed by atoms with Gasteiger partial charge in [-0.25, -0.2) is 9.97 Å². The third kappa shape index (κ3) is 4.09. The zero-order valence-corrected chi connectivity index (χ0v) is 15.5. The van der Waals surface area contributed by atoms with Crippen LogP contribution in [0.5, 0.6) is 0 Å². The average molecular weight is 399 g/mol. The van der Waals surface area contributed by atoms with Gasteiger partial charge in [0.15, 0.2) is 0 Å². The van der Waals surface area contributed by atoms with Crippen molar-refractivity contribution in [2.45, 2.75) is 6.54 Å². The summed E-state index contributed by atoms with van der Waals surface area (Å²) in [6.45, 7) is 0.498. The van der Waals surface area contributed by atoms with Crippen LogP contribution < -0.4 is 15.8 Å². The number of anilines is 1. The lowest BCUT2D eigenvalue weighted by Gasteiger charge is -2.36. The molecule has 0 radical (unpaired) electrons. The van der Waals surface area contributed by atoms with Crippen molar-refractivity contribution in [1.29, 1.82) is 0 Å². The second-order valence-corrected chi connectivity index (χ2v) is 6.82. The van der Waals surface area contributed by atoms with E-state index in [-0.39, 0.29) is 16.9 Å². The Morgan fingerprint density at radius 3 is 2.86 bits per heavy atom. The number of benzene rings is 1. The van der Waals surface area contributed by atoms with Gasteiger partial charge < -0.3 is 15.2 Å². The van der Waals surface area contributed by atoms with Gasteiger partial charge in [0, 0.05) is 43.8 Å². The van der Waals surface area contributed by atoms with Crippen molar-refractivity contribution in [2.24, 2.45) is 0 Å². The lowest BCUT2D eigenvalue weighted by Crippen LogP contribution is -2.46. The Morgan fingerprint density at radius 1 is 1.28 bits per heavy atom. The molecular formula is C20H21FN6O2. The van der Waals surface area contributed by atoms with Gasteiger partial charge >= 0.3 is 0 Å². The van der Waals surface area contributed by atoms with Crippen LogP contribution in [0.15, 0.2) is 41.3 Å². The van der Waals surface area contributed by atoms with Crippen molar-refractivity contribution >= 4 is 22.6 Å². The van der Waals surface area contributed by atoms with Crippen molar-refractivity contribution in [3.63, 3.8) is 0 Å². The van der Waals surface area contributed by atoms with Crippen molar-refractivity contribution in [2.75, 3.05) is 38.1 Å². The van der Waals surface area contributed by atoms with E-state index in [1.807, 2.05) is 23.1 Å². The number of hydrogen-bond donors (Lipinski definition) is 2. The largest absolute Gasteiger partial charge is 0.365 e. The number of piperazine rings is 1. The van der Waals surface area contributed by atoms with Crippen molar-refractivity contribution in [1.82, 2.24) is 25.2 Å². The predicted molar refractivity (Wildman–Crippen MR) is 107 cm³/mol. The molecule has 9 heteroatoms. The molecule has 0 bridgehead atoms. The van der Waals surface area contributed by atoms with Gasteiger partial charge in [-0.1, -0.05) is 6.07 Å². The van der Waals surface area contributed by atoms with Crippen molar-refractivity contribution < 1.29 is 13.3 Å². The van der Waals surface area contributed by atoms with Crippen LogP contribution in [0.3, 0.4) is 0 Å². The number of pyridine rings is 1. The van der Waals surface area contributed by atoms with Crippen LogP contribution in [0.2, 0.25) is 0 Å². The quantitative estimate of drug-likeness (QED) is 0.639. The van der Waals surface area contributed by atoms with E-state index in [0.717, 1.165) is 11.1 Å². The maximum Gasteiger partial charge on any atom is 0.269 e. The van der Waals surface area contributed by atoms with E-state index in [4.69, 9.17) is 4.11 Å². The molecule has 2 aromatic heterocycles. The number of carbonyl (C=O) groups is 1. The van der Waals surface area contributed by atoms with Gasteiger partial charge in [-0.05, 0) is 29.8 Å². The van der Waals surface area contributed by atoms with Gasteiger partial charge in [-0.2, -0.15) is 4.39 Å². The number of hydrogen-bond acceptors (Lipinski definition) is 6. The molecule has 150 valence electrons. The Balaban J connectivity index is 1.38. The van der Waals surface area contributed by atoms with Crippen LogP contribution in [0, 0.1) is 5.95 Å². The van der Waals surface area contributed by atoms with E-state index in [1.54, 1.807) is 5.32 Å². The maximum atomic E-state index is 14.5. The van der Waals surface area contributed by atoms with Crippen LogP contribution in [0.1, 0.15) is 20.2 Å². The Kier molecular flexibility index (Phi) is 4.28. The molecule has 0 spiro atoms. The SMILES string of the molecule is [2H]C([2H])([2H])NC(=O)c1ccc(N2CCN(Cc3ccc4ncc(=O)[nH]c4c3)CC2)c(F)n1. The number of aromatic nitrogens is 3. The molecule has 1 aliphatic heterocycles. The average Bonchev–Trinajstić information content (AvgIpc) is 2.73.